The van der Waals surface area contributed by atoms with Crippen LogP contribution < -0.4 is 5.73 Å². The Morgan fingerprint density at radius 1 is 0.882 bits per heavy atom. The lowest BCUT2D eigenvalue weighted by atomic mass is 9.79. The molecule has 1 unspecified atom stereocenters. The number of benzene rings is 1. The van der Waals surface area contributed by atoms with Gasteiger partial charge in [-0.25, -0.2) is 22.0 Å². The van der Waals surface area contributed by atoms with E-state index in [2.05, 4.69) is 0 Å². The summed E-state index contributed by atoms with van der Waals surface area (Å²) >= 11 is 0. The van der Waals surface area contributed by atoms with Crippen LogP contribution in [-0.2, 0) is 5.41 Å². The molecule has 96 valence electrons. The molecule has 0 saturated heterocycles. The Kier molecular flexibility index (Phi) is 3.76. The molecule has 0 aliphatic heterocycles. The van der Waals surface area contributed by atoms with Crippen LogP contribution in [0.4, 0.5) is 22.0 Å². The van der Waals surface area contributed by atoms with E-state index in [9.17, 15) is 22.0 Å². The quantitative estimate of drug-likeness (QED) is 0.500. The van der Waals surface area contributed by atoms with Crippen LogP contribution in [0.2, 0.25) is 0 Å². The van der Waals surface area contributed by atoms with Crippen molar-refractivity contribution >= 4 is 0 Å². The van der Waals surface area contributed by atoms with Crippen LogP contribution in [0.15, 0.2) is 0 Å². The molecule has 0 heterocycles. The highest BCUT2D eigenvalue weighted by atomic mass is 19.2. The summed E-state index contributed by atoms with van der Waals surface area (Å²) in [5.41, 5.74) is 3.22. The van der Waals surface area contributed by atoms with Crippen molar-refractivity contribution in [3.63, 3.8) is 0 Å². The van der Waals surface area contributed by atoms with Gasteiger partial charge in [-0.2, -0.15) is 0 Å². The van der Waals surface area contributed by atoms with Gasteiger partial charge >= 0.3 is 0 Å². The fraction of sp³-hybridized carbons (Fsp3) is 0.455. The second kappa shape index (κ2) is 4.60. The second-order valence-electron chi connectivity index (χ2n) is 4.06. The van der Waals surface area contributed by atoms with Gasteiger partial charge in [0.1, 0.15) is 0 Å². The number of hydrogen-bond donors (Lipinski definition) is 1. The molecule has 0 amide bonds. The van der Waals surface area contributed by atoms with E-state index in [1.165, 1.54) is 6.92 Å². The minimum absolute atomic E-state index is 0.155. The molecule has 1 atom stereocenters. The van der Waals surface area contributed by atoms with Gasteiger partial charge in [0, 0.05) is 17.5 Å². The van der Waals surface area contributed by atoms with Crippen LogP contribution in [0.1, 0.15) is 25.8 Å². The fourth-order valence-corrected chi connectivity index (χ4v) is 1.56. The van der Waals surface area contributed by atoms with Gasteiger partial charge in [-0.3, -0.25) is 0 Å². The first-order valence-electron chi connectivity index (χ1n) is 5.02. The van der Waals surface area contributed by atoms with E-state index < -0.39 is 40.1 Å². The number of rotatable bonds is 3. The highest BCUT2D eigenvalue weighted by molar-refractivity contribution is 5.31. The van der Waals surface area contributed by atoms with Crippen molar-refractivity contribution in [1.29, 1.82) is 0 Å². The first-order chi connectivity index (χ1) is 7.80. The van der Waals surface area contributed by atoms with Crippen LogP contribution in [0.25, 0.3) is 0 Å². The van der Waals surface area contributed by atoms with Crippen molar-refractivity contribution in [2.45, 2.75) is 25.7 Å². The second-order valence-corrected chi connectivity index (χ2v) is 4.06. The highest BCUT2D eigenvalue weighted by Gasteiger charge is 2.35. The van der Waals surface area contributed by atoms with Gasteiger partial charge < -0.3 is 5.73 Å². The summed E-state index contributed by atoms with van der Waals surface area (Å²) in [5.74, 6) is -9.65. The van der Waals surface area contributed by atoms with Crippen molar-refractivity contribution in [3.05, 3.63) is 34.6 Å². The standard InChI is InChI=1S/C11H12F5N/c1-3-11(2,4-17)5-6(12)8(14)10(16)9(15)7(5)13/h3-4,17H2,1-2H3. The fourth-order valence-electron chi connectivity index (χ4n) is 1.56. The maximum atomic E-state index is 13.5. The highest BCUT2D eigenvalue weighted by Crippen LogP contribution is 2.34. The summed E-state index contributed by atoms with van der Waals surface area (Å²) < 4.78 is 65.8. The molecule has 2 N–H and O–H groups in total. The Morgan fingerprint density at radius 2 is 1.24 bits per heavy atom. The molecular formula is C11H12F5N. The maximum absolute atomic E-state index is 13.5. The van der Waals surface area contributed by atoms with E-state index in [1.54, 1.807) is 6.92 Å². The summed E-state index contributed by atoms with van der Waals surface area (Å²) in [6.07, 6.45) is 0.155. The molecule has 0 spiro atoms. The van der Waals surface area contributed by atoms with Crippen LogP contribution >= 0.6 is 0 Å². The smallest absolute Gasteiger partial charge is 0.200 e. The molecule has 1 aromatic rings. The summed E-state index contributed by atoms with van der Waals surface area (Å²) in [4.78, 5) is 0. The number of nitrogens with two attached hydrogens (primary N) is 1. The lowest BCUT2D eigenvalue weighted by molar-refractivity contribution is 0.337. The first-order valence-corrected chi connectivity index (χ1v) is 5.02. The minimum Gasteiger partial charge on any atom is -0.330 e. The molecule has 1 rings (SSSR count). The third-order valence-electron chi connectivity index (χ3n) is 3.04. The van der Waals surface area contributed by atoms with Gasteiger partial charge in [0.2, 0.25) is 5.82 Å². The SMILES string of the molecule is CCC(C)(CN)c1c(F)c(F)c(F)c(F)c1F. The van der Waals surface area contributed by atoms with Gasteiger partial charge in [0.25, 0.3) is 0 Å². The van der Waals surface area contributed by atoms with Gasteiger partial charge in [-0.05, 0) is 6.42 Å². The zero-order chi connectivity index (χ0) is 13.4. The Morgan fingerprint density at radius 3 is 1.53 bits per heavy atom. The molecule has 17 heavy (non-hydrogen) atoms. The summed E-state index contributed by atoms with van der Waals surface area (Å²) in [7, 11) is 0. The van der Waals surface area contributed by atoms with Crippen LogP contribution in [0, 0.1) is 29.1 Å². The minimum atomic E-state index is -2.15. The number of halogens is 5. The zero-order valence-corrected chi connectivity index (χ0v) is 9.38. The average Bonchev–Trinajstić information content (AvgIpc) is 2.33. The molecule has 0 aliphatic rings. The molecule has 0 aromatic heterocycles. The zero-order valence-electron chi connectivity index (χ0n) is 9.38. The van der Waals surface area contributed by atoms with Crippen molar-refractivity contribution in [1.82, 2.24) is 0 Å². The Balaban J connectivity index is 3.65. The summed E-state index contributed by atoms with van der Waals surface area (Å²) in [6, 6.07) is 0. The Bertz CT molecular complexity index is 411. The predicted molar refractivity (Wildman–Crippen MR) is 52.9 cm³/mol. The molecule has 0 radical (unpaired) electrons. The van der Waals surface area contributed by atoms with Crippen molar-refractivity contribution in [2.75, 3.05) is 6.54 Å². The largest absolute Gasteiger partial charge is 0.330 e. The summed E-state index contributed by atoms with van der Waals surface area (Å²) in [5, 5.41) is 0. The van der Waals surface area contributed by atoms with E-state index in [1.807, 2.05) is 0 Å². The van der Waals surface area contributed by atoms with Gasteiger partial charge in [0.05, 0.1) is 0 Å². The van der Waals surface area contributed by atoms with E-state index in [0.29, 0.717) is 0 Å². The van der Waals surface area contributed by atoms with Crippen molar-refractivity contribution in [3.8, 4) is 0 Å². The van der Waals surface area contributed by atoms with E-state index in [0.717, 1.165) is 0 Å². The van der Waals surface area contributed by atoms with E-state index in [4.69, 9.17) is 5.73 Å². The van der Waals surface area contributed by atoms with E-state index in [-0.39, 0.29) is 13.0 Å². The molecule has 0 bridgehead atoms. The van der Waals surface area contributed by atoms with Gasteiger partial charge in [0.15, 0.2) is 23.3 Å². The van der Waals surface area contributed by atoms with E-state index >= 15 is 0 Å². The molecule has 6 heteroatoms. The third kappa shape index (κ3) is 2.01. The molecular weight excluding hydrogens is 241 g/mol. The van der Waals surface area contributed by atoms with Crippen molar-refractivity contribution in [2.24, 2.45) is 5.73 Å². The molecule has 0 saturated carbocycles. The first kappa shape index (κ1) is 13.9. The lowest BCUT2D eigenvalue weighted by Crippen LogP contribution is -2.34. The number of hydrogen-bond acceptors (Lipinski definition) is 1. The van der Waals surface area contributed by atoms with Crippen LogP contribution in [0.3, 0.4) is 0 Å². The average molecular weight is 253 g/mol. The molecule has 0 fully saturated rings. The predicted octanol–water partition coefficient (Wildman–Crippen LogP) is 3.01. The third-order valence-corrected chi connectivity index (χ3v) is 3.04. The normalized spacial score (nSPS) is 14.8. The molecule has 1 nitrogen and oxygen atoms in total. The van der Waals surface area contributed by atoms with Crippen molar-refractivity contribution < 1.29 is 22.0 Å². The van der Waals surface area contributed by atoms with Gasteiger partial charge in [-0.1, -0.05) is 13.8 Å². The maximum Gasteiger partial charge on any atom is 0.200 e. The Hall–Kier alpha value is -1.17. The lowest BCUT2D eigenvalue weighted by Gasteiger charge is -2.28. The summed E-state index contributed by atoms with van der Waals surface area (Å²) in [6.45, 7) is 2.69. The van der Waals surface area contributed by atoms with Crippen LogP contribution in [-0.4, -0.2) is 6.54 Å². The van der Waals surface area contributed by atoms with Gasteiger partial charge in [-0.15, -0.1) is 0 Å². The topological polar surface area (TPSA) is 26.0 Å². The Labute approximate surface area is 95.4 Å². The molecule has 0 aliphatic carbocycles. The van der Waals surface area contributed by atoms with Crippen LogP contribution in [0.5, 0.6) is 0 Å². The monoisotopic (exact) mass is 253 g/mol. The molecule has 1 aromatic carbocycles.